The number of fused-ring (bicyclic) bond motifs is 3. The van der Waals surface area contributed by atoms with Crippen molar-refractivity contribution >= 4 is 11.7 Å². The second-order valence-electron chi connectivity index (χ2n) is 7.54. The van der Waals surface area contributed by atoms with Gasteiger partial charge in [0.2, 0.25) is 0 Å². The largest absolute Gasteiger partial charge is 0.331 e. The maximum atomic E-state index is 14.1. The fourth-order valence-electron chi connectivity index (χ4n) is 3.91. The summed E-state index contributed by atoms with van der Waals surface area (Å²) in [6.07, 6.45) is 1.70. The van der Waals surface area contributed by atoms with Crippen LogP contribution >= 0.6 is 0 Å². The summed E-state index contributed by atoms with van der Waals surface area (Å²) in [5, 5.41) is 0. The molecule has 1 fully saturated rings. The molecule has 1 amide bonds. The van der Waals surface area contributed by atoms with Crippen LogP contribution in [-0.2, 0) is 6.54 Å². The van der Waals surface area contributed by atoms with Crippen LogP contribution < -0.4 is 0 Å². The molecule has 0 atom stereocenters. The molecule has 3 aromatic rings. The Morgan fingerprint density at radius 1 is 0.897 bits per heavy atom. The Hall–Kier alpha value is -3.34. The fraction of sp³-hybridized carbons (Fsp3) is 0.167. The van der Waals surface area contributed by atoms with E-state index >= 15 is 0 Å². The van der Waals surface area contributed by atoms with E-state index in [2.05, 4.69) is 0 Å². The molecule has 0 heterocycles. The van der Waals surface area contributed by atoms with Crippen LogP contribution in [0.4, 0.5) is 8.78 Å². The molecule has 0 bridgehead atoms. The Morgan fingerprint density at radius 2 is 1.62 bits per heavy atom. The summed E-state index contributed by atoms with van der Waals surface area (Å²) in [5.74, 6) is -1.65. The number of nitrogens with zero attached hydrogens (tertiary/aromatic N) is 1. The van der Waals surface area contributed by atoms with Crippen LogP contribution in [0.15, 0.2) is 60.7 Å². The van der Waals surface area contributed by atoms with E-state index in [9.17, 15) is 18.4 Å². The highest BCUT2D eigenvalue weighted by atomic mass is 19.1. The van der Waals surface area contributed by atoms with E-state index < -0.39 is 11.6 Å². The third-order valence-corrected chi connectivity index (χ3v) is 5.58. The van der Waals surface area contributed by atoms with Crippen LogP contribution in [0.5, 0.6) is 0 Å². The molecule has 0 spiro atoms. The molecule has 3 aromatic carbocycles. The van der Waals surface area contributed by atoms with E-state index in [0.29, 0.717) is 16.7 Å². The monoisotopic (exact) mass is 389 g/mol. The molecule has 1 saturated carbocycles. The predicted molar refractivity (Wildman–Crippen MR) is 105 cm³/mol. The minimum atomic E-state index is -0.664. The summed E-state index contributed by atoms with van der Waals surface area (Å²) in [6, 6.07) is 16.0. The van der Waals surface area contributed by atoms with Gasteiger partial charge in [0.15, 0.2) is 5.78 Å². The van der Waals surface area contributed by atoms with Crippen LogP contribution in [0.1, 0.15) is 44.7 Å². The van der Waals surface area contributed by atoms with Gasteiger partial charge >= 0.3 is 0 Å². The zero-order valence-electron chi connectivity index (χ0n) is 15.5. The minimum Gasteiger partial charge on any atom is -0.331 e. The summed E-state index contributed by atoms with van der Waals surface area (Å²) < 4.78 is 27.3. The van der Waals surface area contributed by atoms with Gasteiger partial charge in [-0.3, -0.25) is 9.59 Å². The van der Waals surface area contributed by atoms with Crippen molar-refractivity contribution in [1.29, 1.82) is 0 Å². The van der Waals surface area contributed by atoms with Crippen molar-refractivity contribution in [1.82, 2.24) is 4.90 Å². The molecular formula is C24H17F2NO2. The van der Waals surface area contributed by atoms with Crippen LogP contribution in [0.25, 0.3) is 11.1 Å². The molecular weight excluding hydrogens is 372 g/mol. The third-order valence-electron chi connectivity index (χ3n) is 5.58. The van der Waals surface area contributed by atoms with Gasteiger partial charge in [0.25, 0.3) is 5.91 Å². The fourth-order valence-corrected chi connectivity index (χ4v) is 3.91. The first kappa shape index (κ1) is 17.7. The molecule has 5 rings (SSSR count). The molecule has 0 aromatic heterocycles. The smallest absolute Gasteiger partial charge is 0.254 e. The lowest BCUT2D eigenvalue weighted by molar-refractivity contribution is 0.0728. The summed E-state index contributed by atoms with van der Waals surface area (Å²) >= 11 is 0. The van der Waals surface area contributed by atoms with Crippen molar-refractivity contribution in [2.75, 3.05) is 0 Å². The zero-order valence-corrected chi connectivity index (χ0v) is 15.5. The molecule has 0 aliphatic heterocycles. The normalized spacial score (nSPS) is 14.5. The lowest BCUT2D eigenvalue weighted by Gasteiger charge is -2.23. The second-order valence-corrected chi connectivity index (χ2v) is 7.54. The number of carbonyl (C=O) groups excluding carboxylic acids is 2. The third kappa shape index (κ3) is 3.03. The van der Waals surface area contributed by atoms with Gasteiger partial charge in [0.1, 0.15) is 11.6 Å². The van der Waals surface area contributed by atoms with Crippen molar-refractivity contribution in [3.05, 3.63) is 94.6 Å². The highest BCUT2D eigenvalue weighted by molar-refractivity contribution is 6.22. The molecule has 0 saturated heterocycles. The number of halogens is 2. The van der Waals surface area contributed by atoms with Gasteiger partial charge < -0.3 is 4.90 Å². The SMILES string of the molecule is O=C1c2ccccc2-c2ccc(C(=O)N(Cc3ccc(F)cc3F)C3CC3)cc21. The average molecular weight is 389 g/mol. The van der Waals surface area contributed by atoms with Crippen molar-refractivity contribution in [2.45, 2.75) is 25.4 Å². The highest BCUT2D eigenvalue weighted by Gasteiger charge is 2.35. The van der Waals surface area contributed by atoms with E-state index in [1.165, 1.54) is 12.1 Å². The first-order chi connectivity index (χ1) is 14.0. The van der Waals surface area contributed by atoms with E-state index in [-0.39, 0.29) is 29.8 Å². The second kappa shape index (κ2) is 6.62. The van der Waals surface area contributed by atoms with E-state index in [0.717, 1.165) is 30.0 Å². The summed E-state index contributed by atoms with van der Waals surface area (Å²) in [4.78, 5) is 27.6. The summed E-state index contributed by atoms with van der Waals surface area (Å²) in [6.45, 7) is 0.0703. The van der Waals surface area contributed by atoms with Crippen molar-refractivity contribution in [3.8, 4) is 11.1 Å². The van der Waals surface area contributed by atoms with E-state index in [1.54, 1.807) is 29.2 Å². The maximum absolute atomic E-state index is 14.1. The lowest BCUT2D eigenvalue weighted by Crippen LogP contribution is -2.33. The molecule has 3 nitrogen and oxygen atoms in total. The van der Waals surface area contributed by atoms with Gasteiger partial charge in [-0.2, -0.15) is 0 Å². The summed E-state index contributed by atoms with van der Waals surface area (Å²) in [5.41, 5.74) is 3.53. The van der Waals surface area contributed by atoms with Gasteiger partial charge in [-0.05, 0) is 42.2 Å². The Balaban J connectivity index is 1.47. The predicted octanol–water partition coefficient (Wildman–Crippen LogP) is 4.98. The Kier molecular flexibility index (Phi) is 4.05. The molecule has 2 aliphatic carbocycles. The van der Waals surface area contributed by atoms with Crippen molar-refractivity contribution in [3.63, 3.8) is 0 Å². The molecule has 0 N–H and O–H groups in total. The maximum Gasteiger partial charge on any atom is 0.254 e. The van der Waals surface area contributed by atoms with Gasteiger partial charge in [-0.25, -0.2) is 8.78 Å². The zero-order chi connectivity index (χ0) is 20.1. The van der Waals surface area contributed by atoms with Crippen LogP contribution in [0.2, 0.25) is 0 Å². The Labute approximate surface area is 166 Å². The van der Waals surface area contributed by atoms with E-state index in [4.69, 9.17) is 0 Å². The first-order valence-electron chi connectivity index (χ1n) is 9.56. The Morgan fingerprint density at radius 3 is 2.34 bits per heavy atom. The topological polar surface area (TPSA) is 37.4 Å². The highest BCUT2D eigenvalue weighted by Crippen LogP contribution is 2.37. The lowest BCUT2D eigenvalue weighted by atomic mass is 10.0. The quantitative estimate of drug-likeness (QED) is 0.494. The molecule has 2 aliphatic rings. The standard InChI is InChI=1S/C24H17F2NO2/c25-16-7-5-15(22(26)12-16)13-27(17-8-9-17)24(29)14-6-10-19-18-3-1-2-4-20(18)23(28)21(19)11-14/h1-7,10-12,17H,8-9,13H2. The molecule has 29 heavy (non-hydrogen) atoms. The van der Waals surface area contributed by atoms with Crippen molar-refractivity contribution in [2.24, 2.45) is 0 Å². The minimum absolute atomic E-state index is 0.0353. The molecule has 0 unspecified atom stereocenters. The van der Waals surface area contributed by atoms with Gasteiger partial charge in [-0.1, -0.05) is 36.4 Å². The Bertz CT molecular complexity index is 1170. The number of ketones is 1. The van der Waals surface area contributed by atoms with Crippen LogP contribution in [0, 0.1) is 11.6 Å². The molecule has 144 valence electrons. The molecule has 5 heteroatoms. The number of rotatable bonds is 4. The number of amides is 1. The number of carbonyl (C=O) groups is 2. The number of hydrogen-bond donors (Lipinski definition) is 0. The van der Waals surface area contributed by atoms with Crippen LogP contribution in [-0.4, -0.2) is 22.6 Å². The molecule has 0 radical (unpaired) electrons. The van der Waals surface area contributed by atoms with Crippen LogP contribution in [0.3, 0.4) is 0 Å². The van der Waals surface area contributed by atoms with Gasteiger partial charge in [0.05, 0.1) is 0 Å². The number of hydrogen-bond acceptors (Lipinski definition) is 2. The average Bonchev–Trinajstić information content (AvgIpc) is 3.53. The van der Waals surface area contributed by atoms with Gasteiger partial charge in [-0.15, -0.1) is 0 Å². The first-order valence-corrected chi connectivity index (χ1v) is 9.56. The van der Waals surface area contributed by atoms with Gasteiger partial charge in [0, 0.05) is 40.9 Å². The number of benzene rings is 3. The van der Waals surface area contributed by atoms with E-state index in [1.807, 2.05) is 18.2 Å². The van der Waals surface area contributed by atoms with Crippen molar-refractivity contribution < 1.29 is 18.4 Å². The summed E-state index contributed by atoms with van der Waals surface area (Å²) in [7, 11) is 0.